The zero-order chi connectivity index (χ0) is 5.54. The van der Waals surface area contributed by atoms with Gasteiger partial charge in [-0.15, -0.1) is 5.92 Å². The second-order valence-electron chi connectivity index (χ2n) is 0.734. The highest BCUT2D eigenvalue weighted by atomic mass is 32.2. The van der Waals surface area contributed by atoms with E-state index >= 15 is 0 Å². The molecule has 0 saturated heterocycles. The Labute approximate surface area is 47.7 Å². The summed E-state index contributed by atoms with van der Waals surface area (Å²) < 4.78 is 0. The zero-order valence-electron chi connectivity index (χ0n) is 3.77. The maximum absolute atomic E-state index is 7.92. The summed E-state index contributed by atoms with van der Waals surface area (Å²) in [4.78, 5) is 0. The van der Waals surface area contributed by atoms with Gasteiger partial charge in [0.15, 0.2) is 0 Å². The van der Waals surface area contributed by atoms with Crippen molar-refractivity contribution in [1.82, 2.24) is 0 Å². The molecule has 0 unspecified atom stereocenters. The van der Waals surface area contributed by atoms with E-state index in [0.29, 0.717) is 5.75 Å². The van der Waals surface area contributed by atoms with Crippen molar-refractivity contribution in [2.75, 3.05) is 5.75 Å². The van der Waals surface area contributed by atoms with Gasteiger partial charge in [-0.05, 0) is 11.8 Å². The molecule has 0 amide bonds. The van der Waals surface area contributed by atoms with Gasteiger partial charge in [0, 0.05) is 6.92 Å². The van der Waals surface area contributed by atoms with Gasteiger partial charge in [-0.2, -0.15) is 5.26 Å². The van der Waals surface area contributed by atoms with Crippen LogP contribution >= 0.6 is 11.8 Å². The van der Waals surface area contributed by atoms with Gasteiger partial charge in [0.2, 0.25) is 0 Å². The van der Waals surface area contributed by atoms with Crippen LogP contribution in [0, 0.1) is 29.4 Å². The largest absolute Gasteiger partial charge is 0.185 e. The Morgan fingerprint density at radius 1 is 1.71 bits per heavy atom. The fourth-order valence-electron chi connectivity index (χ4n) is 0.119. The summed E-state index contributed by atoms with van der Waals surface area (Å²) in [6.07, 6.45) is 0. The standard InChI is InChI=1S/C5H4NS/c1-2-3-4-7-5-6/h1,4H2. The molecule has 1 nitrogen and oxygen atoms in total. The summed E-state index contributed by atoms with van der Waals surface area (Å²) in [6.45, 7) is 3.27. The van der Waals surface area contributed by atoms with Crippen LogP contribution in [0.3, 0.4) is 0 Å². The van der Waals surface area contributed by atoms with Crippen LogP contribution in [-0.4, -0.2) is 5.75 Å². The predicted octanol–water partition coefficient (Wildman–Crippen LogP) is 1.04. The molecule has 0 N–H and O–H groups in total. The molecule has 35 valence electrons. The summed E-state index contributed by atoms with van der Waals surface area (Å²) in [5.41, 5.74) is 0. The minimum Gasteiger partial charge on any atom is -0.185 e. The molecule has 0 heterocycles. The molecular weight excluding hydrogens is 106 g/mol. The van der Waals surface area contributed by atoms with Gasteiger partial charge in [0.25, 0.3) is 0 Å². The van der Waals surface area contributed by atoms with Crippen LogP contribution in [-0.2, 0) is 0 Å². The minimum absolute atomic E-state index is 0.569. The lowest BCUT2D eigenvalue weighted by molar-refractivity contribution is 1.57. The molecule has 0 aromatic carbocycles. The first-order valence-corrected chi connectivity index (χ1v) is 2.66. The fourth-order valence-corrected chi connectivity index (χ4v) is 0.358. The molecule has 2 heteroatoms. The van der Waals surface area contributed by atoms with Crippen LogP contribution in [0.5, 0.6) is 0 Å². The van der Waals surface area contributed by atoms with Crippen molar-refractivity contribution in [3.8, 4) is 17.2 Å². The van der Waals surface area contributed by atoms with Crippen molar-refractivity contribution >= 4 is 11.8 Å². The van der Waals surface area contributed by atoms with E-state index in [1.807, 2.05) is 5.40 Å². The molecule has 0 aliphatic rings. The van der Waals surface area contributed by atoms with Crippen molar-refractivity contribution in [2.45, 2.75) is 0 Å². The molecule has 0 aliphatic heterocycles. The van der Waals surface area contributed by atoms with Gasteiger partial charge in [0.05, 0.1) is 5.75 Å². The minimum atomic E-state index is 0.569. The smallest absolute Gasteiger partial charge is 0.134 e. The quantitative estimate of drug-likeness (QED) is 0.286. The molecule has 1 radical (unpaired) electrons. The van der Waals surface area contributed by atoms with E-state index in [9.17, 15) is 0 Å². The van der Waals surface area contributed by atoms with Crippen LogP contribution in [0.4, 0.5) is 0 Å². The number of hydrogen-bond donors (Lipinski definition) is 0. The van der Waals surface area contributed by atoms with Crippen molar-refractivity contribution in [1.29, 1.82) is 5.26 Å². The first-order valence-electron chi connectivity index (χ1n) is 1.67. The maximum atomic E-state index is 7.92. The third-order valence-electron chi connectivity index (χ3n) is 0.334. The van der Waals surface area contributed by atoms with E-state index in [2.05, 4.69) is 18.8 Å². The summed E-state index contributed by atoms with van der Waals surface area (Å²) >= 11 is 1.12. The third kappa shape index (κ3) is 5.40. The molecule has 0 spiro atoms. The zero-order valence-corrected chi connectivity index (χ0v) is 4.59. The molecular formula is C5H4NS. The number of hydrogen-bond acceptors (Lipinski definition) is 2. The average molecular weight is 110 g/mol. The molecule has 0 rings (SSSR count). The van der Waals surface area contributed by atoms with Gasteiger partial charge >= 0.3 is 0 Å². The first-order chi connectivity index (χ1) is 3.41. The van der Waals surface area contributed by atoms with E-state index in [-0.39, 0.29) is 0 Å². The predicted molar refractivity (Wildman–Crippen MR) is 31.2 cm³/mol. The normalized spacial score (nSPS) is 5.71. The molecule has 0 aromatic rings. The Hall–Kier alpha value is -0.600. The Bertz CT molecular complexity index is 123. The first kappa shape index (κ1) is 6.40. The topological polar surface area (TPSA) is 23.8 Å². The monoisotopic (exact) mass is 110 g/mol. The highest BCUT2D eigenvalue weighted by molar-refractivity contribution is 8.03. The Morgan fingerprint density at radius 2 is 2.43 bits per heavy atom. The summed E-state index contributed by atoms with van der Waals surface area (Å²) in [5, 5.41) is 9.81. The molecule has 0 bridgehead atoms. The molecule has 0 atom stereocenters. The Morgan fingerprint density at radius 3 is 2.86 bits per heavy atom. The van der Waals surface area contributed by atoms with Crippen molar-refractivity contribution < 1.29 is 0 Å². The van der Waals surface area contributed by atoms with E-state index in [1.54, 1.807) is 0 Å². The average Bonchev–Trinajstić information content (AvgIpc) is 1.69. The highest BCUT2D eigenvalue weighted by Crippen LogP contribution is 1.90. The van der Waals surface area contributed by atoms with Crippen LogP contribution in [0.1, 0.15) is 0 Å². The van der Waals surface area contributed by atoms with Crippen LogP contribution in [0.2, 0.25) is 0 Å². The lowest BCUT2D eigenvalue weighted by atomic mass is 10.7. The molecule has 0 saturated carbocycles. The summed E-state index contributed by atoms with van der Waals surface area (Å²) in [7, 11) is 0. The Kier molecular flexibility index (Phi) is 4.94. The SMILES string of the molecule is [CH2]C#CCSC#N. The second kappa shape index (κ2) is 5.40. The van der Waals surface area contributed by atoms with Gasteiger partial charge < -0.3 is 0 Å². The van der Waals surface area contributed by atoms with E-state index in [1.165, 1.54) is 0 Å². The molecule has 7 heavy (non-hydrogen) atoms. The number of nitrogens with zero attached hydrogens (tertiary/aromatic N) is 1. The van der Waals surface area contributed by atoms with Gasteiger partial charge in [-0.3, -0.25) is 0 Å². The third-order valence-corrected chi connectivity index (χ3v) is 0.752. The van der Waals surface area contributed by atoms with Crippen LogP contribution < -0.4 is 0 Å². The van der Waals surface area contributed by atoms with Crippen LogP contribution in [0.25, 0.3) is 0 Å². The van der Waals surface area contributed by atoms with Gasteiger partial charge in [0.1, 0.15) is 5.40 Å². The lowest BCUT2D eigenvalue weighted by Crippen LogP contribution is -1.62. The lowest BCUT2D eigenvalue weighted by Gasteiger charge is -1.69. The van der Waals surface area contributed by atoms with E-state index < -0.39 is 0 Å². The van der Waals surface area contributed by atoms with Crippen LogP contribution in [0.15, 0.2) is 0 Å². The molecule has 0 aliphatic carbocycles. The molecule has 0 fully saturated rings. The molecule has 0 aromatic heterocycles. The number of thiocyanates is 1. The van der Waals surface area contributed by atoms with E-state index in [0.717, 1.165) is 11.8 Å². The maximum Gasteiger partial charge on any atom is 0.134 e. The van der Waals surface area contributed by atoms with Gasteiger partial charge in [-0.1, -0.05) is 5.92 Å². The number of thioether (sulfide) groups is 1. The van der Waals surface area contributed by atoms with E-state index in [4.69, 9.17) is 5.26 Å². The van der Waals surface area contributed by atoms with Crippen molar-refractivity contribution in [3.05, 3.63) is 6.92 Å². The van der Waals surface area contributed by atoms with Crippen molar-refractivity contribution in [3.63, 3.8) is 0 Å². The Balaban J connectivity index is 2.98. The fraction of sp³-hybridized carbons (Fsp3) is 0.200. The number of nitriles is 1. The number of rotatable bonds is 1. The second-order valence-corrected chi connectivity index (χ2v) is 1.49. The van der Waals surface area contributed by atoms with Crippen molar-refractivity contribution in [2.24, 2.45) is 0 Å². The summed E-state index contributed by atoms with van der Waals surface area (Å²) in [6, 6.07) is 0. The summed E-state index contributed by atoms with van der Waals surface area (Å²) in [5.74, 6) is 5.63. The van der Waals surface area contributed by atoms with Gasteiger partial charge in [-0.25, -0.2) is 0 Å². The highest BCUT2D eigenvalue weighted by Gasteiger charge is 1.71.